The second-order valence-corrected chi connectivity index (χ2v) is 5.52. The van der Waals surface area contributed by atoms with E-state index in [1.807, 2.05) is 22.6 Å². The Morgan fingerprint density at radius 1 is 1.24 bits per heavy atom. The van der Waals surface area contributed by atoms with E-state index in [0.717, 1.165) is 9.13 Å². The number of carbonyl (C=O) groups is 1. The summed E-state index contributed by atoms with van der Waals surface area (Å²) in [5.41, 5.74) is 0.469. The van der Waals surface area contributed by atoms with Gasteiger partial charge in [0.15, 0.2) is 0 Å². The van der Waals surface area contributed by atoms with Crippen molar-refractivity contribution in [1.29, 1.82) is 0 Å². The van der Waals surface area contributed by atoms with E-state index in [0.29, 0.717) is 0 Å². The topological polar surface area (TPSA) is 89.7 Å². The molecule has 0 aliphatic carbocycles. The number of carboxylic acid groups (broad SMARTS) is 1. The second kappa shape index (κ2) is 6.08. The Balaban J connectivity index is 2.48. The molecule has 2 rings (SSSR count). The molecule has 0 fully saturated rings. The van der Waals surface area contributed by atoms with Crippen molar-refractivity contribution in [2.24, 2.45) is 0 Å². The van der Waals surface area contributed by atoms with Gasteiger partial charge in [-0.2, -0.15) is 0 Å². The van der Waals surface area contributed by atoms with Crippen molar-refractivity contribution >= 4 is 34.2 Å². The summed E-state index contributed by atoms with van der Waals surface area (Å²) in [4.78, 5) is 21.7. The molecule has 0 radical (unpaired) electrons. The van der Waals surface area contributed by atoms with Crippen LogP contribution in [-0.2, 0) is 0 Å². The first-order valence-corrected chi connectivity index (χ1v) is 6.92. The zero-order valence-corrected chi connectivity index (χ0v) is 13.0. The number of nitro groups is 1. The van der Waals surface area contributed by atoms with E-state index in [9.17, 15) is 20.0 Å². The van der Waals surface area contributed by atoms with Crippen LogP contribution in [0, 0.1) is 20.6 Å². The Kier molecular flexibility index (Phi) is 4.41. The first kappa shape index (κ1) is 15.2. The second-order valence-electron chi connectivity index (χ2n) is 4.28. The predicted molar refractivity (Wildman–Crippen MR) is 84.0 cm³/mol. The highest BCUT2D eigenvalue weighted by molar-refractivity contribution is 14.1. The lowest BCUT2D eigenvalue weighted by Gasteiger charge is -2.09. The SMILES string of the molecule is Cc1ccc(Oc2ccc(I)cc2C(=O)O)c([N+](=O)[O-])c1. The Hall–Kier alpha value is -2.16. The van der Waals surface area contributed by atoms with Gasteiger partial charge in [-0.3, -0.25) is 10.1 Å². The first-order chi connectivity index (χ1) is 9.88. The summed E-state index contributed by atoms with van der Waals surface area (Å²) in [6.45, 7) is 1.73. The summed E-state index contributed by atoms with van der Waals surface area (Å²) >= 11 is 1.98. The monoisotopic (exact) mass is 399 g/mol. The number of hydrogen-bond acceptors (Lipinski definition) is 4. The number of carboxylic acids is 1. The molecular formula is C14H10INO5. The van der Waals surface area contributed by atoms with Crippen LogP contribution in [0.3, 0.4) is 0 Å². The summed E-state index contributed by atoms with van der Waals surface area (Å²) < 4.78 is 6.18. The minimum absolute atomic E-state index is 0.00862. The molecule has 1 N–H and O–H groups in total. The number of nitro benzene ring substituents is 1. The number of aryl methyl sites for hydroxylation is 1. The van der Waals surface area contributed by atoms with Crippen LogP contribution in [0.5, 0.6) is 11.5 Å². The number of aromatic carboxylic acids is 1. The van der Waals surface area contributed by atoms with Crippen LogP contribution in [0.25, 0.3) is 0 Å². The summed E-state index contributed by atoms with van der Waals surface area (Å²) in [5, 5.41) is 20.2. The zero-order chi connectivity index (χ0) is 15.6. The molecule has 0 aliphatic heterocycles. The van der Waals surface area contributed by atoms with Gasteiger partial charge in [-0.1, -0.05) is 6.07 Å². The van der Waals surface area contributed by atoms with E-state index in [-0.39, 0.29) is 22.7 Å². The highest BCUT2D eigenvalue weighted by atomic mass is 127. The fourth-order valence-electron chi connectivity index (χ4n) is 1.73. The number of halogens is 1. The van der Waals surface area contributed by atoms with Gasteiger partial charge in [-0.05, 0) is 59.3 Å². The largest absolute Gasteiger partial charge is 0.478 e. The summed E-state index contributed by atoms with van der Waals surface area (Å²) in [6, 6.07) is 9.09. The lowest BCUT2D eigenvalue weighted by atomic mass is 10.2. The van der Waals surface area contributed by atoms with Crippen LogP contribution in [0.1, 0.15) is 15.9 Å². The maximum Gasteiger partial charge on any atom is 0.339 e. The van der Waals surface area contributed by atoms with Crippen molar-refractivity contribution < 1.29 is 19.6 Å². The molecular weight excluding hydrogens is 389 g/mol. The lowest BCUT2D eigenvalue weighted by molar-refractivity contribution is -0.385. The molecule has 0 atom stereocenters. The van der Waals surface area contributed by atoms with E-state index in [1.54, 1.807) is 19.1 Å². The van der Waals surface area contributed by atoms with Crippen molar-refractivity contribution in [1.82, 2.24) is 0 Å². The Morgan fingerprint density at radius 2 is 1.90 bits per heavy atom. The quantitative estimate of drug-likeness (QED) is 0.477. The Labute approximate surface area is 133 Å². The van der Waals surface area contributed by atoms with E-state index in [4.69, 9.17) is 4.74 Å². The normalized spacial score (nSPS) is 10.2. The highest BCUT2D eigenvalue weighted by Gasteiger charge is 2.19. The minimum Gasteiger partial charge on any atom is -0.478 e. The average molecular weight is 399 g/mol. The van der Waals surface area contributed by atoms with E-state index in [2.05, 4.69) is 0 Å². The molecule has 0 heterocycles. The van der Waals surface area contributed by atoms with Crippen molar-refractivity contribution in [3.63, 3.8) is 0 Å². The summed E-state index contributed by atoms with van der Waals surface area (Å²) in [6.07, 6.45) is 0. The van der Waals surface area contributed by atoms with E-state index >= 15 is 0 Å². The molecule has 2 aromatic carbocycles. The van der Waals surface area contributed by atoms with Crippen LogP contribution in [-0.4, -0.2) is 16.0 Å². The molecule has 0 bridgehead atoms. The van der Waals surface area contributed by atoms with Gasteiger partial charge in [-0.15, -0.1) is 0 Å². The molecule has 0 aromatic heterocycles. The standard InChI is InChI=1S/C14H10INO5/c1-8-2-4-13(11(6-8)16(19)20)21-12-5-3-9(15)7-10(12)14(17)18/h2-7H,1H3,(H,17,18). The van der Waals surface area contributed by atoms with Gasteiger partial charge in [0.05, 0.1) is 4.92 Å². The molecule has 0 saturated carbocycles. The first-order valence-electron chi connectivity index (χ1n) is 5.84. The van der Waals surface area contributed by atoms with Gasteiger partial charge >= 0.3 is 11.7 Å². The molecule has 0 saturated heterocycles. The maximum absolute atomic E-state index is 11.2. The number of rotatable bonds is 4. The van der Waals surface area contributed by atoms with E-state index in [1.165, 1.54) is 24.3 Å². The lowest BCUT2D eigenvalue weighted by Crippen LogP contribution is -2.02. The number of nitrogens with zero attached hydrogens (tertiary/aromatic N) is 1. The van der Waals surface area contributed by atoms with Crippen molar-refractivity contribution in [2.45, 2.75) is 6.92 Å². The minimum atomic E-state index is -1.15. The average Bonchev–Trinajstić information content (AvgIpc) is 2.42. The number of benzene rings is 2. The molecule has 2 aromatic rings. The Bertz CT molecular complexity index is 668. The van der Waals surface area contributed by atoms with Gasteiger partial charge in [0.1, 0.15) is 11.3 Å². The van der Waals surface area contributed by atoms with Crippen molar-refractivity contribution in [2.75, 3.05) is 0 Å². The van der Waals surface area contributed by atoms with Gasteiger partial charge in [0.2, 0.25) is 5.75 Å². The third-order valence-corrected chi connectivity index (χ3v) is 3.37. The number of hydrogen-bond donors (Lipinski definition) is 1. The zero-order valence-electron chi connectivity index (χ0n) is 10.9. The molecule has 7 heteroatoms. The molecule has 6 nitrogen and oxygen atoms in total. The third kappa shape index (κ3) is 3.48. The molecule has 108 valence electrons. The molecule has 21 heavy (non-hydrogen) atoms. The van der Waals surface area contributed by atoms with E-state index < -0.39 is 10.9 Å². The molecule has 0 aliphatic rings. The van der Waals surface area contributed by atoms with Crippen LogP contribution in [0.4, 0.5) is 5.69 Å². The van der Waals surface area contributed by atoms with Crippen molar-refractivity contribution in [3.8, 4) is 11.5 Å². The van der Waals surface area contributed by atoms with Gasteiger partial charge in [0, 0.05) is 9.64 Å². The summed E-state index contributed by atoms with van der Waals surface area (Å²) in [5.74, 6) is -1.08. The maximum atomic E-state index is 11.2. The fourth-order valence-corrected chi connectivity index (χ4v) is 2.22. The summed E-state index contributed by atoms with van der Waals surface area (Å²) in [7, 11) is 0. The molecule has 0 amide bonds. The van der Waals surface area contributed by atoms with Gasteiger partial charge < -0.3 is 9.84 Å². The fraction of sp³-hybridized carbons (Fsp3) is 0.0714. The number of ether oxygens (including phenoxy) is 1. The van der Waals surface area contributed by atoms with Crippen molar-refractivity contribution in [3.05, 3.63) is 61.2 Å². The van der Waals surface area contributed by atoms with Gasteiger partial charge in [0.25, 0.3) is 0 Å². The highest BCUT2D eigenvalue weighted by Crippen LogP contribution is 2.34. The molecule has 0 unspecified atom stereocenters. The Morgan fingerprint density at radius 3 is 2.52 bits per heavy atom. The van der Waals surface area contributed by atoms with Crippen LogP contribution >= 0.6 is 22.6 Å². The van der Waals surface area contributed by atoms with Gasteiger partial charge in [-0.25, -0.2) is 4.79 Å². The molecule has 0 spiro atoms. The van der Waals surface area contributed by atoms with Crippen LogP contribution in [0.2, 0.25) is 0 Å². The van der Waals surface area contributed by atoms with Crippen LogP contribution in [0.15, 0.2) is 36.4 Å². The predicted octanol–water partition coefficient (Wildman–Crippen LogP) is 4.00. The third-order valence-electron chi connectivity index (χ3n) is 2.70. The smallest absolute Gasteiger partial charge is 0.339 e. The van der Waals surface area contributed by atoms with Crippen LogP contribution < -0.4 is 4.74 Å².